The predicted octanol–water partition coefficient (Wildman–Crippen LogP) is 5.52. The molecule has 5 aromatic rings. The zero-order valence-corrected chi connectivity index (χ0v) is 24.6. The maximum atomic E-state index is 12.9. The van der Waals surface area contributed by atoms with Crippen LogP contribution in [0.15, 0.2) is 106 Å². The number of hydrogen-bond donors (Lipinski definition) is 2. The fourth-order valence-electron chi connectivity index (χ4n) is 5.25. The van der Waals surface area contributed by atoms with Crippen molar-refractivity contribution in [2.24, 2.45) is 0 Å². The summed E-state index contributed by atoms with van der Waals surface area (Å²) in [6.07, 6.45) is -1.84. The minimum atomic E-state index is -0.784. The SMILES string of the molecule is COC(=O)Nc1nc2c(C3OC(COCc4ccccc4)C(OCc4ccccc4)C3OCc3ccccc3)coc2c(=O)[nH]1. The Balaban J connectivity index is 1.33. The number of anilines is 1. The van der Waals surface area contributed by atoms with Crippen LogP contribution in [-0.2, 0) is 43.5 Å². The molecule has 1 aliphatic rings. The Morgan fingerprint density at radius 3 is 2.02 bits per heavy atom. The van der Waals surface area contributed by atoms with E-state index in [0.717, 1.165) is 16.7 Å². The number of benzene rings is 3. The van der Waals surface area contributed by atoms with Crippen molar-refractivity contribution in [3.8, 4) is 0 Å². The van der Waals surface area contributed by atoms with Crippen LogP contribution < -0.4 is 10.9 Å². The van der Waals surface area contributed by atoms with Gasteiger partial charge in [0.1, 0.15) is 29.9 Å². The Hall–Kier alpha value is -4.81. The van der Waals surface area contributed by atoms with Crippen molar-refractivity contribution in [3.63, 3.8) is 0 Å². The van der Waals surface area contributed by atoms with Gasteiger partial charge in [0.2, 0.25) is 11.5 Å². The first kappa shape index (κ1) is 30.2. The molecular weight excluding hydrogens is 578 g/mol. The van der Waals surface area contributed by atoms with Crippen LogP contribution in [0.5, 0.6) is 0 Å². The number of ether oxygens (including phenoxy) is 5. The second-order valence-corrected chi connectivity index (χ2v) is 10.5. The van der Waals surface area contributed by atoms with E-state index in [2.05, 4.69) is 20.0 Å². The summed E-state index contributed by atoms with van der Waals surface area (Å²) in [6.45, 7) is 1.21. The molecule has 6 rings (SSSR count). The minimum Gasteiger partial charge on any atom is -0.456 e. The Labute approximate surface area is 259 Å². The van der Waals surface area contributed by atoms with Crippen LogP contribution in [0.2, 0.25) is 0 Å². The molecule has 11 nitrogen and oxygen atoms in total. The Morgan fingerprint density at radius 2 is 1.42 bits per heavy atom. The van der Waals surface area contributed by atoms with Gasteiger partial charge in [-0.1, -0.05) is 91.0 Å². The van der Waals surface area contributed by atoms with Crippen molar-refractivity contribution in [1.29, 1.82) is 0 Å². The zero-order chi connectivity index (χ0) is 31.0. The highest BCUT2D eigenvalue weighted by molar-refractivity contribution is 5.84. The van der Waals surface area contributed by atoms with E-state index >= 15 is 0 Å². The molecule has 0 bridgehead atoms. The topological polar surface area (TPSA) is 134 Å². The van der Waals surface area contributed by atoms with Gasteiger partial charge in [-0.25, -0.2) is 9.78 Å². The molecule has 3 aromatic carbocycles. The van der Waals surface area contributed by atoms with Gasteiger partial charge in [0.25, 0.3) is 5.56 Å². The summed E-state index contributed by atoms with van der Waals surface area (Å²) in [5.41, 5.74) is 3.09. The van der Waals surface area contributed by atoms with Gasteiger partial charge in [-0.2, -0.15) is 0 Å². The van der Waals surface area contributed by atoms with Gasteiger partial charge in [0.15, 0.2) is 0 Å². The van der Waals surface area contributed by atoms with E-state index in [1.807, 2.05) is 91.0 Å². The van der Waals surface area contributed by atoms with Crippen LogP contribution in [-0.4, -0.2) is 48.1 Å². The normalized spacial score (nSPS) is 19.5. The molecule has 3 heterocycles. The molecule has 4 unspecified atom stereocenters. The smallest absolute Gasteiger partial charge is 0.413 e. The van der Waals surface area contributed by atoms with E-state index in [1.165, 1.54) is 13.4 Å². The van der Waals surface area contributed by atoms with Crippen molar-refractivity contribution < 1.29 is 32.9 Å². The highest BCUT2D eigenvalue weighted by Crippen LogP contribution is 2.41. The van der Waals surface area contributed by atoms with Crippen LogP contribution in [0, 0.1) is 0 Å². The van der Waals surface area contributed by atoms with Crippen LogP contribution in [0.25, 0.3) is 11.1 Å². The van der Waals surface area contributed by atoms with Crippen LogP contribution in [0.3, 0.4) is 0 Å². The maximum Gasteiger partial charge on any atom is 0.413 e. The number of carbonyl (C=O) groups excluding carboxylic acids is 1. The summed E-state index contributed by atoms with van der Waals surface area (Å²) in [6, 6.07) is 29.5. The molecule has 45 heavy (non-hydrogen) atoms. The van der Waals surface area contributed by atoms with Crippen molar-refractivity contribution in [2.45, 2.75) is 44.2 Å². The van der Waals surface area contributed by atoms with Gasteiger partial charge in [-0.3, -0.25) is 15.1 Å². The third-order valence-electron chi connectivity index (χ3n) is 7.44. The van der Waals surface area contributed by atoms with Crippen molar-refractivity contribution in [3.05, 3.63) is 130 Å². The number of methoxy groups -OCH3 is 1. The molecule has 0 saturated carbocycles. The highest BCUT2D eigenvalue weighted by atomic mass is 16.6. The summed E-state index contributed by atoms with van der Waals surface area (Å²) in [5.74, 6) is -0.0960. The number of rotatable bonds is 12. The monoisotopic (exact) mass is 611 g/mol. The van der Waals surface area contributed by atoms with E-state index in [-0.39, 0.29) is 30.3 Å². The highest BCUT2D eigenvalue weighted by Gasteiger charge is 2.48. The largest absolute Gasteiger partial charge is 0.456 e. The molecule has 11 heteroatoms. The summed E-state index contributed by atoms with van der Waals surface area (Å²) in [5, 5.41) is 2.40. The number of nitrogens with zero attached hydrogens (tertiary/aromatic N) is 1. The molecule has 1 aliphatic heterocycles. The molecule has 0 spiro atoms. The van der Waals surface area contributed by atoms with Gasteiger partial charge in [0, 0.05) is 5.56 Å². The van der Waals surface area contributed by atoms with Crippen LogP contribution in [0.4, 0.5) is 10.7 Å². The molecule has 2 N–H and O–H groups in total. The number of nitrogens with one attached hydrogen (secondary N) is 2. The third kappa shape index (κ3) is 7.30. The first-order valence-corrected chi connectivity index (χ1v) is 14.5. The van der Waals surface area contributed by atoms with Crippen molar-refractivity contribution in [1.82, 2.24) is 9.97 Å². The van der Waals surface area contributed by atoms with E-state index in [0.29, 0.717) is 18.8 Å². The number of carbonyl (C=O) groups is 1. The van der Waals surface area contributed by atoms with Gasteiger partial charge < -0.3 is 28.1 Å². The van der Waals surface area contributed by atoms with Gasteiger partial charge in [-0.05, 0) is 16.7 Å². The lowest BCUT2D eigenvalue weighted by Crippen LogP contribution is -2.37. The fourth-order valence-corrected chi connectivity index (χ4v) is 5.25. The van der Waals surface area contributed by atoms with Gasteiger partial charge in [-0.15, -0.1) is 0 Å². The number of furan rings is 1. The number of aromatic amines is 1. The van der Waals surface area contributed by atoms with Gasteiger partial charge >= 0.3 is 6.09 Å². The van der Waals surface area contributed by atoms with Gasteiger partial charge in [0.05, 0.1) is 39.8 Å². The quantitative estimate of drug-likeness (QED) is 0.187. The molecule has 2 aromatic heterocycles. The Kier molecular flexibility index (Phi) is 9.61. The Morgan fingerprint density at radius 1 is 0.844 bits per heavy atom. The first-order valence-electron chi connectivity index (χ1n) is 14.5. The summed E-state index contributed by atoms with van der Waals surface area (Å²) < 4.78 is 36.2. The summed E-state index contributed by atoms with van der Waals surface area (Å²) >= 11 is 0. The molecule has 0 radical (unpaired) electrons. The lowest BCUT2D eigenvalue weighted by atomic mass is 10.0. The molecule has 0 aliphatic carbocycles. The lowest BCUT2D eigenvalue weighted by Gasteiger charge is -2.25. The lowest BCUT2D eigenvalue weighted by molar-refractivity contribution is -0.0898. The number of amides is 1. The van der Waals surface area contributed by atoms with Crippen LogP contribution >= 0.6 is 0 Å². The number of H-pyrrole nitrogens is 1. The number of fused-ring (bicyclic) bond motifs is 1. The van der Waals surface area contributed by atoms with Crippen molar-refractivity contribution >= 4 is 23.1 Å². The molecule has 232 valence electrons. The number of hydrogen-bond acceptors (Lipinski definition) is 9. The summed E-state index contributed by atoms with van der Waals surface area (Å²) in [4.78, 5) is 31.7. The van der Waals surface area contributed by atoms with E-state index in [1.54, 1.807) is 0 Å². The van der Waals surface area contributed by atoms with E-state index < -0.39 is 36.1 Å². The average molecular weight is 612 g/mol. The molecule has 1 amide bonds. The van der Waals surface area contributed by atoms with Crippen molar-refractivity contribution in [2.75, 3.05) is 19.0 Å². The minimum absolute atomic E-state index is 0.0173. The average Bonchev–Trinajstić information content (AvgIpc) is 3.65. The van der Waals surface area contributed by atoms with E-state index in [4.69, 9.17) is 23.4 Å². The summed E-state index contributed by atoms with van der Waals surface area (Å²) in [7, 11) is 1.21. The van der Waals surface area contributed by atoms with E-state index in [9.17, 15) is 9.59 Å². The Bertz CT molecular complexity index is 1740. The number of aromatic nitrogens is 2. The molecule has 4 atom stereocenters. The predicted molar refractivity (Wildman–Crippen MR) is 164 cm³/mol. The molecule has 1 fully saturated rings. The third-order valence-corrected chi connectivity index (χ3v) is 7.44. The second-order valence-electron chi connectivity index (χ2n) is 10.5. The van der Waals surface area contributed by atoms with Crippen LogP contribution in [0.1, 0.15) is 28.4 Å². The molecule has 1 saturated heterocycles. The standard InChI is InChI=1S/C34H33N3O8/c1-40-34(39)37-33-35-27-25(20-44-30(27)32(38)36-33)28-31(43-19-24-15-9-4-10-16-24)29(42-18-23-13-7-3-8-14-23)26(45-28)21-41-17-22-11-5-2-6-12-22/h2-16,20,26,28-29,31H,17-19,21H2,1H3,(H2,35,36,37,38,39). The second kappa shape index (κ2) is 14.3. The maximum absolute atomic E-state index is 12.9. The first-order chi connectivity index (χ1) is 22.1. The molecular formula is C34H33N3O8. The zero-order valence-electron chi connectivity index (χ0n) is 24.6. The fraction of sp³-hybridized carbons (Fsp3) is 0.265.